The standard InChI is InChI=1S/C18H20ClFN2O3S/c1-26(24,25)22(11-9-14-5-7-16(20)8-6-14)12-10-18(23)21-17-4-2-3-15(19)13-17/h2-8,13H,9-12H2,1H3,(H,21,23). The van der Waals surface area contributed by atoms with Crippen LogP contribution in [0.15, 0.2) is 48.5 Å². The molecule has 0 fully saturated rings. The topological polar surface area (TPSA) is 66.5 Å². The minimum Gasteiger partial charge on any atom is -0.326 e. The summed E-state index contributed by atoms with van der Waals surface area (Å²) in [5.41, 5.74) is 1.38. The third kappa shape index (κ3) is 6.74. The Kier molecular flexibility index (Phi) is 7.14. The van der Waals surface area contributed by atoms with E-state index in [9.17, 15) is 17.6 Å². The Morgan fingerprint density at radius 3 is 2.46 bits per heavy atom. The van der Waals surface area contributed by atoms with Crippen molar-refractivity contribution in [3.8, 4) is 0 Å². The molecule has 2 aromatic carbocycles. The summed E-state index contributed by atoms with van der Waals surface area (Å²) in [5, 5.41) is 3.18. The fraction of sp³-hybridized carbons (Fsp3) is 0.278. The fourth-order valence-electron chi connectivity index (χ4n) is 2.36. The molecule has 0 saturated carbocycles. The van der Waals surface area contributed by atoms with E-state index >= 15 is 0 Å². The third-order valence-electron chi connectivity index (χ3n) is 3.73. The first kappa shape index (κ1) is 20.4. The number of sulfonamides is 1. The van der Waals surface area contributed by atoms with Crippen LogP contribution in [-0.2, 0) is 21.2 Å². The molecule has 1 N–H and O–H groups in total. The van der Waals surface area contributed by atoms with E-state index in [0.29, 0.717) is 17.1 Å². The van der Waals surface area contributed by atoms with Crippen LogP contribution < -0.4 is 5.32 Å². The van der Waals surface area contributed by atoms with Crippen LogP contribution in [0.25, 0.3) is 0 Å². The van der Waals surface area contributed by atoms with Crippen molar-refractivity contribution in [2.45, 2.75) is 12.8 Å². The lowest BCUT2D eigenvalue weighted by atomic mass is 10.1. The van der Waals surface area contributed by atoms with Gasteiger partial charge >= 0.3 is 0 Å². The number of hydrogen-bond acceptors (Lipinski definition) is 3. The summed E-state index contributed by atoms with van der Waals surface area (Å²) in [6.45, 7) is 0.279. The van der Waals surface area contributed by atoms with E-state index in [2.05, 4.69) is 5.32 Å². The summed E-state index contributed by atoms with van der Waals surface area (Å²) in [5.74, 6) is -0.644. The van der Waals surface area contributed by atoms with Crippen LogP contribution in [0.4, 0.5) is 10.1 Å². The van der Waals surface area contributed by atoms with E-state index in [0.717, 1.165) is 11.8 Å². The number of carbonyl (C=O) groups excluding carboxylic acids is 1. The number of rotatable bonds is 8. The van der Waals surface area contributed by atoms with Gasteiger partial charge in [-0.2, -0.15) is 0 Å². The highest BCUT2D eigenvalue weighted by molar-refractivity contribution is 7.88. The van der Waals surface area contributed by atoms with E-state index in [1.165, 1.54) is 16.4 Å². The fourth-order valence-corrected chi connectivity index (χ4v) is 3.40. The average molecular weight is 399 g/mol. The molecule has 2 rings (SSSR count). The lowest BCUT2D eigenvalue weighted by molar-refractivity contribution is -0.116. The number of nitrogens with one attached hydrogen (secondary N) is 1. The Balaban J connectivity index is 1.91. The van der Waals surface area contributed by atoms with Crippen molar-refractivity contribution in [1.82, 2.24) is 4.31 Å². The Hall–Kier alpha value is -1.96. The van der Waals surface area contributed by atoms with Crippen LogP contribution in [0, 0.1) is 5.82 Å². The first-order valence-electron chi connectivity index (χ1n) is 7.99. The van der Waals surface area contributed by atoms with E-state index in [-0.39, 0.29) is 31.2 Å². The van der Waals surface area contributed by atoms with Crippen molar-refractivity contribution in [3.63, 3.8) is 0 Å². The van der Waals surface area contributed by atoms with Crippen LogP contribution in [0.2, 0.25) is 5.02 Å². The summed E-state index contributed by atoms with van der Waals surface area (Å²) in [6.07, 6.45) is 1.55. The number of benzene rings is 2. The van der Waals surface area contributed by atoms with Gasteiger partial charge < -0.3 is 5.32 Å². The molecule has 140 valence electrons. The van der Waals surface area contributed by atoms with Gasteiger partial charge in [0.05, 0.1) is 6.26 Å². The predicted octanol–water partition coefficient (Wildman–Crippen LogP) is 3.31. The van der Waals surface area contributed by atoms with Crippen LogP contribution in [0.3, 0.4) is 0 Å². The molecule has 0 unspecified atom stereocenters. The smallest absolute Gasteiger partial charge is 0.225 e. The van der Waals surface area contributed by atoms with Crippen molar-refractivity contribution < 1.29 is 17.6 Å². The van der Waals surface area contributed by atoms with E-state index in [1.807, 2.05) is 0 Å². The Labute approximate surface area is 157 Å². The van der Waals surface area contributed by atoms with Gasteiger partial charge in [-0.3, -0.25) is 4.79 Å². The van der Waals surface area contributed by atoms with Crippen molar-refractivity contribution in [2.24, 2.45) is 0 Å². The molecule has 5 nitrogen and oxygen atoms in total. The van der Waals surface area contributed by atoms with Gasteiger partial charge in [0.1, 0.15) is 5.82 Å². The Morgan fingerprint density at radius 2 is 1.85 bits per heavy atom. The molecular formula is C18H20ClFN2O3S. The number of hydrogen-bond donors (Lipinski definition) is 1. The minimum absolute atomic E-state index is 0.0169. The maximum Gasteiger partial charge on any atom is 0.225 e. The molecule has 0 aliphatic rings. The second kappa shape index (κ2) is 9.12. The Morgan fingerprint density at radius 1 is 1.15 bits per heavy atom. The summed E-state index contributed by atoms with van der Waals surface area (Å²) in [4.78, 5) is 12.0. The summed E-state index contributed by atoms with van der Waals surface area (Å²) >= 11 is 5.86. The third-order valence-corrected chi connectivity index (χ3v) is 5.27. The van der Waals surface area contributed by atoms with E-state index in [1.54, 1.807) is 36.4 Å². The van der Waals surface area contributed by atoms with Gasteiger partial charge in [0, 0.05) is 30.2 Å². The van der Waals surface area contributed by atoms with Crippen molar-refractivity contribution in [3.05, 3.63) is 64.9 Å². The molecule has 0 bridgehead atoms. The zero-order valence-corrected chi connectivity index (χ0v) is 15.9. The van der Waals surface area contributed by atoms with E-state index < -0.39 is 10.0 Å². The monoisotopic (exact) mass is 398 g/mol. The molecule has 0 aromatic heterocycles. The largest absolute Gasteiger partial charge is 0.326 e. The zero-order chi connectivity index (χ0) is 19.2. The molecule has 0 heterocycles. The van der Waals surface area contributed by atoms with Crippen LogP contribution in [-0.4, -0.2) is 38.0 Å². The first-order valence-corrected chi connectivity index (χ1v) is 10.2. The SMILES string of the molecule is CS(=O)(=O)N(CCC(=O)Nc1cccc(Cl)c1)CCc1ccc(F)cc1. The van der Waals surface area contributed by atoms with Gasteiger partial charge in [-0.15, -0.1) is 0 Å². The van der Waals surface area contributed by atoms with Crippen LogP contribution in [0.1, 0.15) is 12.0 Å². The number of halogens is 2. The quantitative estimate of drug-likeness (QED) is 0.741. The van der Waals surface area contributed by atoms with Gasteiger partial charge in [-0.1, -0.05) is 29.8 Å². The Bertz CT molecular complexity index is 857. The average Bonchev–Trinajstić information content (AvgIpc) is 2.55. The van der Waals surface area contributed by atoms with E-state index in [4.69, 9.17) is 11.6 Å². The molecule has 0 spiro atoms. The number of carbonyl (C=O) groups is 1. The molecule has 26 heavy (non-hydrogen) atoms. The molecule has 0 aliphatic carbocycles. The van der Waals surface area contributed by atoms with Gasteiger partial charge in [0.25, 0.3) is 0 Å². The molecule has 2 aromatic rings. The molecular weight excluding hydrogens is 379 g/mol. The summed E-state index contributed by atoms with van der Waals surface area (Å²) < 4.78 is 38.1. The van der Waals surface area contributed by atoms with Crippen LogP contribution in [0.5, 0.6) is 0 Å². The number of nitrogens with zero attached hydrogens (tertiary/aromatic N) is 1. The van der Waals surface area contributed by atoms with Gasteiger partial charge in [-0.05, 0) is 42.3 Å². The maximum atomic E-state index is 12.9. The van der Waals surface area contributed by atoms with Crippen LogP contribution >= 0.6 is 11.6 Å². The lowest BCUT2D eigenvalue weighted by Crippen LogP contribution is -2.34. The minimum atomic E-state index is -3.46. The zero-order valence-electron chi connectivity index (χ0n) is 14.3. The lowest BCUT2D eigenvalue weighted by Gasteiger charge is -2.19. The molecule has 0 saturated heterocycles. The maximum absolute atomic E-state index is 12.9. The first-order chi connectivity index (χ1) is 12.2. The van der Waals surface area contributed by atoms with Gasteiger partial charge in [0.15, 0.2) is 0 Å². The molecule has 8 heteroatoms. The van der Waals surface area contributed by atoms with Crippen molar-refractivity contribution >= 4 is 33.2 Å². The molecule has 0 atom stereocenters. The number of amides is 1. The highest BCUT2D eigenvalue weighted by Gasteiger charge is 2.18. The summed E-state index contributed by atoms with van der Waals surface area (Å²) in [7, 11) is -3.46. The summed E-state index contributed by atoms with van der Waals surface area (Å²) in [6, 6.07) is 12.6. The van der Waals surface area contributed by atoms with Gasteiger partial charge in [0.2, 0.25) is 15.9 Å². The second-order valence-electron chi connectivity index (χ2n) is 5.85. The van der Waals surface area contributed by atoms with Crippen molar-refractivity contribution in [2.75, 3.05) is 24.7 Å². The normalized spacial score (nSPS) is 11.5. The molecule has 1 amide bonds. The predicted molar refractivity (Wildman–Crippen MR) is 101 cm³/mol. The van der Waals surface area contributed by atoms with Gasteiger partial charge in [-0.25, -0.2) is 17.1 Å². The molecule has 0 radical (unpaired) electrons. The highest BCUT2D eigenvalue weighted by atomic mass is 35.5. The molecule has 0 aliphatic heterocycles. The second-order valence-corrected chi connectivity index (χ2v) is 8.27. The highest BCUT2D eigenvalue weighted by Crippen LogP contribution is 2.15. The number of anilines is 1. The van der Waals surface area contributed by atoms with Crippen molar-refractivity contribution in [1.29, 1.82) is 0 Å².